The van der Waals surface area contributed by atoms with Gasteiger partial charge in [0.25, 0.3) is 11.7 Å². The number of benzene rings is 1. The third-order valence-electron chi connectivity index (χ3n) is 3.69. The van der Waals surface area contributed by atoms with Gasteiger partial charge in [0, 0.05) is 11.8 Å². The fraction of sp³-hybridized carbons (Fsp3) is 0.133. The third-order valence-corrected chi connectivity index (χ3v) is 4.62. The molecule has 0 bridgehead atoms. The lowest BCUT2D eigenvalue weighted by molar-refractivity contribution is -0.389. The summed E-state index contributed by atoms with van der Waals surface area (Å²) in [6.45, 7) is -0.816. The van der Waals surface area contributed by atoms with Crippen LogP contribution in [-0.4, -0.2) is 43.3 Å². The Balaban J connectivity index is 1.78. The topological polar surface area (TPSA) is 175 Å². The number of nitrogens with zero attached hydrogens (tertiary/aromatic N) is 3. The molecule has 2 amide bonds. The number of fused-ring (bicyclic) bond motifs is 1. The molecular formula is C15H13N5O7S. The molecule has 1 aliphatic heterocycles. The molecule has 3 rings (SSSR count). The van der Waals surface area contributed by atoms with E-state index in [0.717, 1.165) is 11.0 Å². The van der Waals surface area contributed by atoms with Gasteiger partial charge in [-0.2, -0.15) is 0 Å². The van der Waals surface area contributed by atoms with Crippen molar-refractivity contribution in [3.63, 3.8) is 0 Å². The molecule has 1 aromatic heterocycles. The average Bonchev–Trinajstić information content (AvgIpc) is 2.63. The molecule has 0 radical (unpaired) electrons. The Morgan fingerprint density at radius 1 is 1.29 bits per heavy atom. The summed E-state index contributed by atoms with van der Waals surface area (Å²) in [5.74, 6) is -1.72. The lowest BCUT2D eigenvalue weighted by Gasteiger charge is -2.24. The first-order valence-electron chi connectivity index (χ1n) is 7.66. The highest BCUT2D eigenvalue weighted by Crippen LogP contribution is 2.31. The smallest absolute Gasteiger partial charge is 0.366 e. The van der Waals surface area contributed by atoms with Crippen molar-refractivity contribution in [2.24, 2.45) is 5.14 Å². The number of nitrogens with two attached hydrogens (primary N) is 1. The quantitative estimate of drug-likeness (QED) is 0.514. The van der Waals surface area contributed by atoms with Crippen molar-refractivity contribution in [3.8, 4) is 5.75 Å². The van der Waals surface area contributed by atoms with E-state index in [0.29, 0.717) is 0 Å². The van der Waals surface area contributed by atoms with Crippen LogP contribution >= 0.6 is 0 Å². The monoisotopic (exact) mass is 407 g/mol. The lowest BCUT2D eigenvalue weighted by atomic mass is 10.3. The SMILES string of the molecule is NS(=O)(=O)c1ccc(NC(=O)CN2C(=O)COc3ccc([N+](=O)[O-])nc32)cc1. The van der Waals surface area contributed by atoms with E-state index in [1.165, 1.54) is 30.3 Å². The summed E-state index contributed by atoms with van der Waals surface area (Å²) in [6, 6.07) is 7.51. The maximum atomic E-state index is 12.3. The summed E-state index contributed by atoms with van der Waals surface area (Å²) in [5.41, 5.74) is 0.269. The summed E-state index contributed by atoms with van der Waals surface area (Å²) in [6.07, 6.45) is 0. The zero-order valence-electron chi connectivity index (χ0n) is 14.1. The van der Waals surface area contributed by atoms with Gasteiger partial charge in [0.1, 0.15) is 6.54 Å². The summed E-state index contributed by atoms with van der Waals surface area (Å²) >= 11 is 0. The molecule has 146 valence electrons. The molecular weight excluding hydrogens is 394 g/mol. The molecule has 12 nitrogen and oxygen atoms in total. The Morgan fingerprint density at radius 2 is 1.96 bits per heavy atom. The van der Waals surface area contributed by atoms with Gasteiger partial charge in [-0.1, -0.05) is 0 Å². The van der Waals surface area contributed by atoms with Gasteiger partial charge in [-0.05, 0) is 40.2 Å². The minimum absolute atomic E-state index is 0.126. The van der Waals surface area contributed by atoms with Crippen molar-refractivity contribution in [3.05, 3.63) is 46.5 Å². The first-order chi connectivity index (χ1) is 13.1. The number of anilines is 2. The number of amides is 2. The zero-order valence-corrected chi connectivity index (χ0v) is 14.9. The second-order valence-electron chi connectivity index (χ2n) is 5.63. The molecule has 1 aliphatic rings. The highest BCUT2D eigenvalue weighted by molar-refractivity contribution is 7.89. The minimum Gasteiger partial charge on any atom is -0.477 e. The first-order valence-corrected chi connectivity index (χ1v) is 9.21. The number of nitro groups is 1. The van der Waals surface area contributed by atoms with Crippen LogP contribution in [0.15, 0.2) is 41.3 Å². The van der Waals surface area contributed by atoms with Gasteiger partial charge in [0.15, 0.2) is 12.4 Å². The van der Waals surface area contributed by atoms with Gasteiger partial charge in [-0.15, -0.1) is 0 Å². The number of hydrogen-bond donors (Lipinski definition) is 2. The second kappa shape index (κ2) is 7.21. The molecule has 1 aromatic carbocycles. The van der Waals surface area contributed by atoms with Crippen LogP contribution in [0.5, 0.6) is 5.75 Å². The highest BCUT2D eigenvalue weighted by atomic mass is 32.2. The van der Waals surface area contributed by atoms with Crippen LogP contribution in [0, 0.1) is 10.1 Å². The fourth-order valence-corrected chi connectivity index (χ4v) is 2.92. The maximum absolute atomic E-state index is 12.3. The summed E-state index contributed by atoms with van der Waals surface area (Å²) in [4.78, 5) is 39.2. The van der Waals surface area contributed by atoms with E-state index in [1.54, 1.807) is 0 Å². The van der Waals surface area contributed by atoms with Crippen LogP contribution in [-0.2, 0) is 19.6 Å². The fourth-order valence-electron chi connectivity index (χ4n) is 2.40. The van der Waals surface area contributed by atoms with Crippen LogP contribution in [0.4, 0.5) is 17.3 Å². The Bertz CT molecular complexity index is 1070. The zero-order chi connectivity index (χ0) is 20.5. The van der Waals surface area contributed by atoms with Crippen LogP contribution in [0.1, 0.15) is 0 Å². The van der Waals surface area contributed by atoms with Crippen LogP contribution < -0.4 is 20.1 Å². The van der Waals surface area contributed by atoms with Gasteiger partial charge in [0.2, 0.25) is 15.9 Å². The normalized spacial score (nSPS) is 13.5. The van der Waals surface area contributed by atoms with Crippen LogP contribution in [0.2, 0.25) is 0 Å². The predicted octanol–water partition coefficient (Wildman–Crippen LogP) is 0.00130. The number of rotatable bonds is 5. The summed E-state index contributed by atoms with van der Waals surface area (Å²) in [5, 5.41) is 18.4. The molecule has 0 atom stereocenters. The summed E-state index contributed by atoms with van der Waals surface area (Å²) in [7, 11) is -3.87. The Kier molecular flexibility index (Phi) is 4.94. The third kappa shape index (κ3) is 4.05. The van der Waals surface area contributed by atoms with Crippen molar-refractivity contribution < 1.29 is 27.7 Å². The van der Waals surface area contributed by atoms with E-state index in [-0.39, 0.29) is 28.8 Å². The molecule has 0 aliphatic carbocycles. The van der Waals surface area contributed by atoms with Crippen molar-refractivity contribution in [2.75, 3.05) is 23.4 Å². The van der Waals surface area contributed by atoms with E-state index in [4.69, 9.17) is 9.88 Å². The standard InChI is InChI=1S/C15H13N5O7S/c16-28(25,26)10-3-1-9(2-4-10)17-13(21)7-19-14(22)8-27-11-5-6-12(20(23)24)18-15(11)19/h1-6H,7-8H2,(H,17,21)(H2,16,25,26). The van der Waals surface area contributed by atoms with Gasteiger partial charge < -0.3 is 20.2 Å². The number of hydrogen-bond acceptors (Lipinski definition) is 8. The van der Waals surface area contributed by atoms with Crippen molar-refractivity contribution in [2.45, 2.75) is 4.90 Å². The molecule has 2 heterocycles. The molecule has 28 heavy (non-hydrogen) atoms. The van der Waals surface area contributed by atoms with E-state index in [2.05, 4.69) is 10.3 Å². The molecule has 0 unspecified atom stereocenters. The van der Waals surface area contributed by atoms with Gasteiger partial charge in [-0.25, -0.2) is 13.6 Å². The van der Waals surface area contributed by atoms with Crippen molar-refractivity contribution >= 4 is 39.2 Å². The van der Waals surface area contributed by atoms with E-state index >= 15 is 0 Å². The van der Waals surface area contributed by atoms with Crippen molar-refractivity contribution in [1.29, 1.82) is 0 Å². The van der Waals surface area contributed by atoms with Crippen LogP contribution in [0.3, 0.4) is 0 Å². The van der Waals surface area contributed by atoms with Gasteiger partial charge >= 0.3 is 5.82 Å². The van der Waals surface area contributed by atoms with Gasteiger partial charge in [-0.3, -0.25) is 14.5 Å². The first kappa shape index (κ1) is 19.2. The number of pyridine rings is 1. The highest BCUT2D eigenvalue weighted by Gasteiger charge is 2.33. The Labute approximate surface area is 158 Å². The van der Waals surface area contributed by atoms with Crippen LogP contribution in [0.25, 0.3) is 0 Å². The van der Waals surface area contributed by atoms with E-state index < -0.39 is 39.1 Å². The minimum atomic E-state index is -3.87. The van der Waals surface area contributed by atoms with E-state index in [9.17, 15) is 28.1 Å². The average molecular weight is 407 g/mol. The summed E-state index contributed by atoms with van der Waals surface area (Å²) < 4.78 is 27.6. The number of carbonyl (C=O) groups is 2. The number of nitrogens with one attached hydrogen (secondary N) is 1. The number of aromatic nitrogens is 1. The van der Waals surface area contributed by atoms with E-state index in [1.807, 2.05) is 0 Å². The lowest BCUT2D eigenvalue weighted by Crippen LogP contribution is -2.44. The number of primary sulfonamides is 1. The number of sulfonamides is 1. The number of carbonyl (C=O) groups excluding carboxylic acids is 2. The second-order valence-corrected chi connectivity index (χ2v) is 7.20. The number of ether oxygens (including phenoxy) is 1. The molecule has 2 aromatic rings. The largest absolute Gasteiger partial charge is 0.477 e. The predicted molar refractivity (Wildman–Crippen MR) is 95.2 cm³/mol. The molecule has 0 saturated heterocycles. The van der Waals surface area contributed by atoms with Gasteiger partial charge in [0.05, 0.1) is 4.90 Å². The molecule has 13 heteroatoms. The molecule has 0 fully saturated rings. The van der Waals surface area contributed by atoms with Crippen molar-refractivity contribution in [1.82, 2.24) is 4.98 Å². The maximum Gasteiger partial charge on any atom is 0.366 e. The molecule has 0 saturated carbocycles. The Morgan fingerprint density at radius 3 is 2.57 bits per heavy atom. The molecule has 3 N–H and O–H groups in total. The Hall–Kier alpha value is -3.58. The molecule has 0 spiro atoms.